The third kappa shape index (κ3) is 34.5. The molecule has 0 atom stereocenters. The Bertz CT molecular complexity index is 886. The van der Waals surface area contributed by atoms with Crippen molar-refractivity contribution in [2.45, 2.75) is 0 Å². The van der Waals surface area contributed by atoms with Crippen molar-refractivity contribution in [1.82, 2.24) is 0 Å². The van der Waals surface area contributed by atoms with E-state index in [0.717, 1.165) is 11.4 Å². The van der Waals surface area contributed by atoms with Gasteiger partial charge in [0.1, 0.15) is 13.2 Å². The van der Waals surface area contributed by atoms with E-state index in [2.05, 4.69) is 10.6 Å². The van der Waals surface area contributed by atoms with Crippen LogP contribution in [-0.2, 0) is 30.3 Å². The Labute approximate surface area is 283 Å². The Kier molecular flexibility index (Phi) is 25.7. The molecule has 0 aliphatic carbocycles. The molecule has 13 nitrogen and oxygen atoms in total. The van der Waals surface area contributed by atoms with Crippen molar-refractivity contribution in [2.75, 3.05) is 36.9 Å². The molecule has 0 fully saturated rings. The number of nitrogens with one attached hydrogen (secondary N) is 2. The quantitative estimate of drug-likeness (QED) is 0.111. The van der Waals surface area contributed by atoms with E-state index in [4.69, 9.17) is 44.5 Å². The second kappa shape index (κ2) is 22.5. The number of hydrogen-bond donors (Lipinski definition) is 6. The van der Waals surface area contributed by atoms with E-state index in [-0.39, 0.29) is 116 Å². The zero-order valence-corrected chi connectivity index (χ0v) is 18.2. The summed E-state index contributed by atoms with van der Waals surface area (Å²) in [4.78, 5) is 11.4. The van der Waals surface area contributed by atoms with E-state index in [1.54, 1.807) is 0 Å². The predicted molar refractivity (Wildman–Crippen MR) is 130 cm³/mol. The first kappa shape index (κ1) is 38.8. The first-order valence-electron chi connectivity index (χ1n) is 8.62. The molecule has 0 bridgehead atoms. The Morgan fingerprint density at radius 1 is 0.647 bits per heavy atom. The van der Waals surface area contributed by atoms with Crippen LogP contribution in [0, 0.1) is 0 Å². The molecule has 17 heteroatoms. The Morgan fingerprint density at radius 2 is 0.912 bits per heavy atom. The van der Waals surface area contributed by atoms with E-state index in [0.29, 0.717) is 13.1 Å². The van der Waals surface area contributed by atoms with Crippen molar-refractivity contribution in [3.05, 3.63) is 60.7 Å². The molecule has 0 unspecified atom stereocenters. The maximum atomic E-state index is 11.4. The van der Waals surface area contributed by atoms with Crippen LogP contribution in [0.25, 0.3) is 0 Å². The van der Waals surface area contributed by atoms with Gasteiger partial charge in [0.2, 0.25) is 0 Å². The fourth-order valence-corrected chi connectivity index (χ4v) is 1.81. The molecule has 0 saturated heterocycles. The Balaban J connectivity index is -0.000000680. The number of ether oxygens (including phenoxy) is 2. The number of carbonyl (C=O) groups excluding carboxylic acids is 1. The van der Waals surface area contributed by atoms with Crippen LogP contribution in [0.4, 0.5) is 16.2 Å². The molecule has 0 aliphatic heterocycles. The van der Waals surface area contributed by atoms with E-state index < -0.39 is 27.0 Å². The van der Waals surface area contributed by atoms with E-state index >= 15 is 0 Å². The zero-order valence-electron chi connectivity index (χ0n) is 16.6. The molecule has 0 aromatic heterocycles. The molecule has 184 valence electrons. The number of benzene rings is 2. The molecule has 0 saturated carbocycles. The van der Waals surface area contributed by atoms with Crippen molar-refractivity contribution in [2.24, 2.45) is 0 Å². The molecule has 34 heavy (non-hydrogen) atoms. The van der Waals surface area contributed by atoms with Gasteiger partial charge in [-0.25, -0.2) is 4.79 Å². The van der Waals surface area contributed by atoms with Gasteiger partial charge in [0.25, 0.3) is 0 Å². The summed E-state index contributed by atoms with van der Waals surface area (Å²) in [6, 6.07) is 19.5. The molecular weight excluding hydrogens is 551 g/mol. The van der Waals surface area contributed by atoms with E-state index in [1.807, 2.05) is 60.7 Å². The van der Waals surface area contributed by atoms with Crippen LogP contribution >= 0.6 is 0 Å². The average Bonchev–Trinajstić information content (AvgIpc) is 2.68. The van der Waals surface area contributed by atoms with Crippen LogP contribution in [0.15, 0.2) is 60.7 Å². The Hall–Kier alpha value is 0.323. The van der Waals surface area contributed by atoms with Crippen LogP contribution in [0.1, 0.15) is 0 Å². The van der Waals surface area contributed by atoms with E-state index in [1.165, 1.54) is 0 Å². The molecule has 0 spiro atoms. The molecule has 0 radical (unpaired) electrons. The predicted octanol–water partition coefficient (Wildman–Crippen LogP) is 0.761. The average molecular weight is 577 g/mol. The second-order valence-corrected chi connectivity index (χ2v) is 7.22. The molecular formula is C17H26K2N2O11S2. The van der Waals surface area contributed by atoms with Gasteiger partial charge in [0.15, 0.2) is 0 Å². The summed E-state index contributed by atoms with van der Waals surface area (Å²) in [6.45, 7) is 1.61. The SMILES string of the molecule is O=C(OCCNc1ccccc1)OCCNc1ccccc1.O=S(=O)(O)O.O=S(=O)(O)O.[KH].[KH]. The summed E-state index contributed by atoms with van der Waals surface area (Å²) in [7, 11) is -9.33. The Morgan fingerprint density at radius 3 is 1.18 bits per heavy atom. The number of para-hydroxylation sites is 2. The minimum absolute atomic E-state index is 0. The standard InChI is InChI=1S/C17H20N2O3.2K.2H2O4S.2H/c20-17(21-13-11-18-15-7-3-1-4-8-15)22-14-12-19-16-9-5-2-6-10-16;;;2*1-5(2,3)4;;/h1-10,18-19H,11-14H2;;;2*(H2,1,2,3,4);;. The molecule has 2 rings (SSSR count). The van der Waals surface area contributed by atoms with Crippen LogP contribution < -0.4 is 10.6 Å². The molecule has 0 heterocycles. The topological polar surface area (TPSA) is 209 Å². The van der Waals surface area contributed by atoms with Gasteiger partial charge in [-0.05, 0) is 24.3 Å². The number of hydrogen-bond acceptors (Lipinski definition) is 9. The maximum absolute atomic E-state index is 11.4. The third-order valence-electron chi connectivity index (χ3n) is 2.85. The summed E-state index contributed by atoms with van der Waals surface area (Å²) < 4.78 is 73.1. The fraction of sp³-hybridized carbons (Fsp3) is 0.235. The van der Waals surface area contributed by atoms with Crippen molar-refractivity contribution in [3.8, 4) is 0 Å². The van der Waals surface area contributed by atoms with Crippen molar-refractivity contribution in [1.29, 1.82) is 0 Å². The molecule has 0 aliphatic rings. The number of anilines is 2. The van der Waals surface area contributed by atoms with Gasteiger partial charge in [-0.2, -0.15) is 16.8 Å². The summed E-state index contributed by atoms with van der Waals surface area (Å²) in [5.74, 6) is 0. The third-order valence-corrected chi connectivity index (χ3v) is 2.85. The van der Waals surface area contributed by atoms with Gasteiger partial charge in [-0.3, -0.25) is 18.2 Å². The molecule has 2 aromatic carbocycles. The first-order chi connectivity index (χ1) is 14.8. The van der Waals surface area contributed by atoms with Gasteiger partial charge in [0.05, 0.1) is 0 Å². The van der Waals surface area contributed by atoms with Gasteiger partial charge >= 0.3 is 130 Å². The van der Waals surface area contributed by atoms with Crippen molar-refractivity contribution in [3.63, 3.8) is 0 Å². The fourth-order valence-electron chi connectivity index (χ4n) is 1.81. The molecule has 2 aromatic rings. The summed E-state index contributed by atoms with van der Waals surface area (Å²) in [6.07, 6.45) is -0.648. The van der Waals surface area contributed by atoms with Crippen LogP contribution in [0.3, 0.4) is 0 Å². The van der Waals surface area contributed by atoms with Gasteiger partial charge < -0.3 is 20.1 Å². The van der Waals surface area contributed by atoms with Crippen LogP contribution in [0.2, 0.25) is 0 Å². The van der Waals surface area contributed by atoms with Crippen LogP contribution in [0.5, 0.6) is 0 Å². The first-order valence-corrected chi connectivity index (χ1v) is 11.4. The summed E-state index contributed by atoms with van der Waals surface area (Å²) in [5.41, 5.74) is 1.98. The summed E-state index contributed by atoms with van der Waals surface area (Å²) >= 11 is 0. The minimum atomic E-state index is -4.67. The second-order valence-electron chi connectivity index (χ2n) is 5.43. The molecule has 6 N–H and O–H groups in total. The summed E-state index contributed by atoms with van der Waals surface area (Å²) in [5, 5.41) is 6.29. The number of rotatable bonds is 8. The van der Waals surface area contributed by atoms with Crippen molar-refractivity contribution < 1.29 is 49.3 Å². The normalized spacial score (nSPS) is 9.76. The monoisotopic (exact) mass is 576 g/mol. The van der Waals surface area contributed by atoms with Gasteiger partial charge in [-0.15, -0.1) is 0 Å². The van der Waals surface area contributed by atoms with Gasteiger partial charge in [-0.1, -0.05) is 36.4 Å². The number of carbonyl (C=O) groups is 1. The van der Waals surface area contributed by atoms with Crippen molar-refractivity contribution >= 4 is 141 Å². The van der Waals surface area contributed by atoms with Gasteiger partial charge in [0, 0.05) is 24.5 Å². The molecule has 0 amide bonds. The van der Waals surface area contributed by atoms with E-state index in [9.17, 15) is 4.79 Å². The zero-order chi connectivity index (χ0) is 24.5. The van der Waals surface area contributed by atoms with Crippen LogP contribution in [-0.4, -0.2) is 170 Å².